The van der Waals surface area contributed by atoms with Crippen LogP contribution < -0.4 is 0 Å². The monoisotopic (exact) mass is 321 g/mol. The largest absolute Gasteiger partial charge is 0.294 e. The first-order valence-electron chi connectivity index (χ1n) is 7.29. The van der Waals surface area contributed by atoms with E-state index in [0.29, 0.717) is 11.3 Å². The van der Waals surface area contributed by atoms with Gasteiger partial charge < -0.3 is 0 Å². The van der Waals surface area contributed by atoms with E-state index in [9.17, 15) is 9.59 Å². The van der Waals surface area contributed by atoms with Gasteiger partial charge in [0.2, 0.25) is 0 Å². The maximum atomic E-state index is 10.6. The SMILES string of the molecule is CC(=O)c1ccccn1.CC(=O)c1cccnc1.c1ccncc1. The maximum Gasteiger partial charge on any atom is 0.178 e. The number of ketones is 2. The summed E-state index contributed by atoms with van der Waals surface area (Å²) in [6, 6.07) is 14.5. The average Bonchev–Trinajstić information content (AvgIpc) is 2.65. The zero-order valence-electron chi connectivity index (χ0n) is 13.7. The summed E-state index contributed by atoms with van der Waals surface area (Å²) in [7, 11) is 0. The molecule has 5 nitrogen and oxygen atoms in total. The predicted molar refractivity (Wildman–Crippen MR) is 92.7 cm³/mol. The summed E-state index contributed by atoms with van der Waals surface area (Å²) in [4.78, 5) is 32.6. The smallest absolute Gasteiger partial charge is 0.178 e. The fourth-order valence-electron chi connectivity index (χ4n) is 1.45. The Balaban J connectivity index is 0.000000184. The maximum absolute atomic E-state index is 10.6. The van der Waals surface area contributed by atoms with Gasteiger partial charge in [-0.3, -0.25) is 24.5 Å². The minimum Gasteiger partial charge on any atom is -0.294 e. The van der Waals surface area contributed by atoms with Crippen LogP contribution in [0, 0.1) is 0 Å². The number of carbonyl (C=O) groups excluding carboxylic acids is 2. The van der Waals surface area contributed by atoms with E-state index >= 15 is 0 Å². The van der Waals surface area contributed by atoms with E-state index in [-0.39, 0.29) is 11.6 Å². The lowest BCUT2D eigenvalue weighted by Gasteiger charge is -1.88. The van der Waals surface area contributed by atoms with Gasteiger partial charge in [-0.15, -0.1) is 0 Å². The Bertz CT molecular complexity index is 641. The number of pyridine rings is 3. The molecule has 0 fully saturated rings. The summed E-state index contributed by atoms with van der Waals surface area (Å²) in [6.45, 7) is 3.03. The van der Waals surface area contributed by atoms with Crippen molar-refractivity contribution in [2.75, 3.05) is 0 Å². The normalized spacial score (nSPS) is 8.75. The minimum absolute atomic E-state index is 0.00981. The molecule has 3 aromatic rings. The molecule has 24 heavy (non-hydrogen) atoms. The van der Waals surface area contributed by atoms with E-state index in [0.717, 1.165) is 0 Å². The number of carbonyl (C=O) groups is 2. The van der Waals surface area contributed by atoms with Crippen LogP contribution in [0.4, 0.5) is 0 Å². The molecule has 0 atom stereocenters. The first-order chi connectivity index (χ1) is 11.6. The van der Waals surface area contributed by atoms with Crippen LogP contribution in [-0.4, -0.2) is 26.5 Å². The minimum atomic E-state index is 0.00981. The third-order valence-corrected chi connectivity index (χ3v) is 2.66. The fraction of sp³-hybridized carbons (Fsp3) is 0.105. The Hall–Kier alpha value is -3.21. The second kappa shape index (κ2) is 11.4. The zero-order valence-corrected chi connectivity index (χ0v) is 13.7. The summed E-state index contributed by atoms with van der Waals surface area (Å²) in [5, 5.41) is 0. The number of aromatic nitrogens is 3. The van der Waals surface area contributed by atoms with Gasteiger partial charge in [-0.1, -0.05) is 12.1 Å². The Labute approximate surface area is 141 Å². The third-order valence-electron chi connectivity index (χ3n) is 2.66. The van der Waals surface area contributed by atoms with Crippen molar-refractivity contribution < 1.29 is 9.59 Å². The molecule has 0 saturated heterocycles. The van der Waals surface area contributed by atoms with Crippen LogP contribution in [-0.2, 0) is 0 Å². The summed E-state index contributed by atoms with van der Waals surface area (Å²) < 4.78 is 0. The molecule has 0 radical (unpaired) electrons. The molecule has 0 aromatic carbocycles. The molecular weight excluding hydrogens is 302 g/mol. The molecule has 5 heteroatoms. The first kappa shape index (κ1) is 18.8. The van der Waals surface area contributed by atoms with E-state index in [1.54, 1.807) is 61.3 Å². The van der Waals surface area contributed by atoms with Crippen molar-refractivity contribution in [3.05, 3.63) is 90.8 Å². The Morgan fingerprint density at radius 3 is 1.67 bits per heavy atom. The van der Waals surface area contributed by atoms with E-state index in [2.05, 4.69) is 15.0 Å². The van der Waals surface area contributed by atoms with Crippen LogP contribution in [0.3, 0.4) is 0 Å². The molecule has 0 aliphatic heterocycles. The molecular formula is C19H19N3O2. The van der Waals surface area contributed by atoms with Crippen molar-refractivity contribution >= 4 is 11.6 Å². The van der Waals surface area contributed by atoms with Crippen LogP contribution >= 0.6 is 0 Å². The highest BCUT2D eigenvalue weighted by molar-refractivity contribution is 5.93. The topological polar surface area (TPSA) is 72.8 Å². The second-order valence-corrected chi connectivity index (χ2v) is 4.59. The lowest BCUT2D eigenvalue weighted by Crippen LogP contribution is -1.93. The van der Waals surface area contributed by atoms with Crippen molar-refractivity contribution in [3.63, 3.8) is 0 Å². The molecule has 3 heterocycles. The van der Waals surface area contributed by atoms with Gasteiger partial charge in [0.05, 0.1) is 0 Å². The highest BCUT2D eigenvalue weighted by Gasteiger charge is 1.95. The molecule has 122 valence electrons. The van der Waals surface area contributed by atoms with Crippen molar-refractivity contribution in [2.45, 2.75) is 13.8 Å². The second-order valence-electron chi connectivity index (χ2n) is 4.59. The molecule has 0 unspecified atom stereocenters. The number of rotatable bonds is 2. The number of nitrogens with zero attached hydrogens (tertiary/aromatic N) is 3. The van der Waals surface area contributed by atoms with Gasteiger partial charge >= 0.3 is 0 Å². The lowest BCUT2D eigenvalue weighted by molar-refractivity contribution is 0.100. The van der Waals surface area contributed by atoms with Crippen molar-refractivity contribution in [1.29, 1.82) is 0 Å². The van der Waals surface area contributed by atoms with Crippen LogP contribution in [0.15, 0.2) is 79.5 Å². The van der Waals surface area contributed by atoms with Crippen molar-refractivity contribution in [3.8, 4) is 0 Å². The van der Waals surface area contributed by atoms with Gasteiger partial charge in [-0.25, -0.2) is 0 Å². The summed E-state index contributed by atoms with van der Waals surface area (Å²) in [5.41, 5.74) is 1.19. The van der Waals surface area contributed by atoms with Gasteiger partial charge in [-0.2, -0.15) is 0 Å². The Kier molecular flexibility index (Phi) is 8.92. The Morgan fingerprint density at radius 1 is 0.708 bits per heavy atom. The molecule has 3 aromatic heterocycles. The highest BCUT2D eigenvalue weighted by Crippen LogP contribution is 1.94. The zero-order chi connectivity index (χ0) is 17.6. The van der Waals surface area contributed by atoms with Gasteiger partial charge in [0.25, 0.3) is 0 Å². The standard InChI is InChI=1S/2C7H7NO.C5H5N/c1-6(9)7-3-2-4-8-5-7;1-6(9)7-4-2-3-5-8-7;1-2-4-6-5-3-1/h2*2-5H,1H3;1-5H. The summed E-state index contributed by atoms with van der Waals surface area (Å²) in [5.74, 6) is 0.0682. The molecule has 0 saturated carbocycles. The highest BCUT2D eigenvalue weighted by atomic mass is 16.1. The number of Topliss-reactive ketones (excluding diaryl/α,β-unsaturated/α-hetero) is 2. The quantitative estimate of drug-likeness (QED) is 0.674. The summed E-state index contributed by atoms with van der Waals surface area (Å²) in [6.07, 6.45) is 8.31. The van der Waals surface area contributed by atoms with E-state index in [4.69, 9.17) is 0 Å². The number of hydrogen-bond acceptors (Lipinski definition) is 5. The van der Waals surface area contributed by atoms with Crippen molar-refractivity contribution in [2.24, 2.45) is 0 Å². The summed E-state index contributed by atoms with van der Waals surface area (Å²) >= 11 is 0. The molecule has 0 N–H and O–H groups in total. The van der Waals surface area contributed by atoms with Crippen LogP contribution in [0.1, 0.15) is 34.7 Å². The molecule has 0 bridgehead atoms. The molecule has 0 amide bonds. The molecule has 0 aliphatic carbocycles. The van der Waals surface area contributed by atoms with Gasteiger partial charge in [0.15, 0.2) is 11.6 Å². The average molecular weight is 321 g/mol. The lowest BCUT2D eigenvalue weighted by atomic mass is 10.2. The first-order valence-corrected chi connectivity index (χ1v) is 7.29. The van der Waals surface area contributed by atoms with E-state index in [1.807, 2.05) is 18.2 Å². The van der Waals surface area contributed by atoms with Crippen LogP contribution in [0.2, 0.25) is 0 Å². The van der Waals surface area contributed by atoms with E-state index in [1.165, 1.54) is 13.8 Å². The van der Waals surface area contributed by atoms with Gasteiger partial charge in [0.1, 0.15) is 5.69 Å². The van der Waals surface area contributed by atoms with Crippen LogP contribution in [0.25, 0.3) is 0 Å². The van der Waals surface area contributed by atoms with Crippen LogP contribution in [0.5, 0.6) is 0 Å². The van der Waals surface area contributed by atoms with E-state index < -0.39 is 0 Å². The molecule has 3 rings (SSSR count). The number of hydrogen-bond donors (Lipinski definition) is 0. The van der Waals surface area contributed by atoms with Crippen molar-refractivity contribution in [1.82, 2.24) is 15.0 Å². The fourth-order valence-corrected chi connectivity index (χ4v) is 1.45. The third kappa shape index (κ3) is 8.29. The molecule has 0 spiro atoms. The van der Waals surface area contributed by atoms with Gasteiger partial charge in [-0.05, 0) is 43.3 Å². The van der Waals surface area contributed by atoms with Gasteiger partial charge in [0, 0.05) is 43.5 Å². The predicted octanol–water partition coefficient (Wildman–Crippen LogP) is 3.65. The Morgan fingerprint density at radius 2 is 1.38 bits per heavy atom. The molecule has 0 aliphatic rings.